The van der Waals surface area contributed by atoms with Crippen LogP contribution in [-0.4, -0.2) is 21.0 Å². The van der Waals surface area contributed by atoms with Crippen LogP contribution in [0.5, 0.6) is 0 Å². The van der Waals surface area contributed by atoms with Crippen LogP contribution in [0.4, 0.5) is 0 Å². The van der Waals surface area contributed by atoms with Crippen LogP contribution in [0.1, 0.15) is 16.2 Å². The topological polar surface area (TPSA) is 66.0 Å². The van der Waals surface area contributed by atoms with Crippen LogP contribution in [0.2, 0.25) is 0 Å². The van der Waals surface area contributed by atoms with E-state index in [4.69, 9.17) is 5.11 Å². The van der Waals surface area contributed by atoms with Crippen LogP contribution in [0.15, 0.2) is 28.7 Å². The summed E-state index contributed by atoms with van der Waals surface area (Å²) in [4.78, 5) is 18.4. The molecule has 1 aromatic carbocycles. The lowest BCUT2D eigenvalue weighted by Crippen LogP contribution is -2.01. The molecule has 5 heteroatoms. The van der Waals surface area contributed by atoms with Gasteiger partial charge in [-0.1, -0.05) is 15.9 Å². The van der Waals surface area contributed by atoms with E-state index in [2.05, 4.69) is 25.9 Å². The quantitative estimate of drug-likeness (QED) is 0.723. The number of aromatic amines is 1. The number of hydrogen-bond acceptors (Lipinski definition) is 2. The highest BCUT2D eigenvalue weighted by Crippen LogP contribution is 2.29. The second kappa shape index (κ2) is 3.81. The number of H-pyrrole nitrogens is 1. The van der Waals surface area contributed by atoms with E-state index >= 15 is 0 Å². The molecule has 0 atom stereocenters. The van der Waals surface area contributed by atoms with Crippen molar-refractivity contribution in [3.8, 4) is 0 Å². The van der Waals surface area contributed by atoms with Crippen LogP contribution in [-0.2, 0) is 0 Å². The molecule has 3 aromatic rings. The predicted octanol–water partition coefficient (Wildman–Crippen LogP) is 3.49. The number of hydrogen-bond donors (Lipinski definition) is 2. The van der Waals surface area contributed by atoms with Gasteiger partial charge in [-0.2, -0.15) is 0 Å². The fourth-order valence-corrected chi connectivity index (χ4v) is 2.50. The molecule has 3 rings (SSSR count). The highest BCUT2D eigenvalue weighted by molar-refractivity contribution is 9.10. The lowest BCUT2D eigenvalue weighted by atomic mass is 10.1. The lowest BCUT2D eigenvalue weighted by molar-refractivity contribution is 0.0690. The van der Waals surface area contributed by atoms with Gasteiger partial charge in [-0.05, 0) is 31.2 Å². The maximum Gasteiger partial charge on any atom is 0.354 e. The molecule has 0 fully saturated rings. The number of carbonyl (C=O) groups is 1. The minimum absolute atomic E-state index is 0.0703. The van der Waals surface area contributed by atoms with Crippen molar-refractivity contribution in [1.29, 1.82) is 0 Å². The summed E-state index contributed by atoms with van der Waals surface area (Å²) < 4.78 is 0.960. The van der Waals surface area contributed by atoms with E-state index in [1.165, 1.54) is 0 Å². The van der Waals surface area contributed by atoms with Gasteiger partial charge in [-0.15, -0.1) is 0 Å². The van der Waals surface area contributed by atoms with Gasteiger partial charge in [-0.25, -0.2) is 9.78 Å². The maximum atomic E-state index is 11.0. The molecule has 0 amide bonds. The standard InChI is InChI=1S/C13H9BrN2O2/c1-6-12-9(5-11(15-6)13(17)18)8-4-7(14)2-3-10(8)16-12/h2-5,16H,1H3,(H,17,18). The molecular formula is C13H9BrN2O2. The number of rotatable bonds is 1. The second-order valence-corrected chi connectivity index (χ2v) is 5.05. The van der Waals surface area contributed by atoms with Crippen molar-refractivity contribution in [3.63, 3.8) is 0 Å². The third-order valence-corrected chi connectivity index (χ3v) is 3.44. The third-order valence-electron chi connectivity index (χ3n) is 2.95. The smallest absolute Gasteiger partial charge is 0.354 e. The van der Waals surface area contributed by atoms with Gasteiger partial charge in [0.05, 0.1) is 11.2 Å². The summed E-state index contributed by atoms with van der Waals surface area (Å²) in [5.74, 6) is -1.01. The minimum Gasteiger partial charge on any atom is -0.477 e. The first-order valence-electron chi connectivity index (χ1n) is 5.38. The molecule has 0 saturated heterocycles. The Kier molecular flexibility index (Phi) is 2.38. The Morgan fingerprint density at radius 1 is 1.33 bits per heavy atom. The summed E-state index contributed by atoms with van der Waals surface area (Å²) in [6.45, 7) is 1.80. The third kappa shape index (κ3) is 1.59. The summed E-state index contributed by atoms with van der Waals surface area (Å²) in [5, 5.41) is 10.9. The zero-order chi connectivity index (χ0) is 12.9. The Hall–Kier alpha value is -1.88. The van der Waals surface area contributed by atoms with E-state index < -0.39 is 5.97 Å². The van der Waals surface area contributed by atoms with Crippen molar-refractivity contribution in [2.45, 2.75) is 6.92 Å². The monoisotopic (exact) mass is 304 g/mol. The number of fused-ring (bicyclic) bond motifs is 3. The van der Waals surface area contributed by atoms with Crippen molar-refractivity contribution in [1.82, 2.24) is 9.97 Å². The van der Waals surface area contributed by atoms with E-state index in [1.54, 1.807) is 13.0 Å². The van der Waals surface area contributed by atoms with Crippen molar-refractivity contribution in [2.24, 2.45) is 0 Å². The average molecular weight is 305 g/mol. The van der Waals surface area contributed by atoms with Gasteiger partial charge < -0.3 is 10.1 Å². The number of nitrogens with one attached hydrogen (secondary N) is 1. The van der Waals surface area contributed by atoms with E-state index in [0.717, 1.165) is 26.3 Å². The van der Waals surface area contributed by atoms with Crippen molar-refractivity contribution < 1.29 is 9.90 Å². The molecule has 0 aliphatic carbocycles. The van der Waals surface area contributed by atoms with E-state index in [1.807, 2.05) is 18.2 Å². The van der Waals surface area contributed by atoms with Gasteiger partial charge in [0, 0.05) is 20.8 Å². The normalized spacial score (nSPS) is 11.2. The Morgan fingerprint density at radius 2 is 2.11 bits per heavy atom. The molecule has 0 aliphatic rings. The minimum atomic E-state index is -1.01. The number of aromatic nitrogens is 2. The predicted molar refractivity (Wildman–Crippen MR) is 73.0 cm³/mol. The molecular weight excluding hydrogens is 296 g/mol. The van der Waals surface area contributed by atoms with Gasteiger partial charge in [0.15, 0.2) is 0 Å². The molecule has 2 heterocycles. The zero-order valence-corrected chi connectivity index (χ0v) is 11.1. The molecule has 0 unspecified atom stereocenters. The van der Waals surface area contributed by atoms with Gasteiger partial charge in [0.1, 0.15) is 5.69 Å². The first kappa shape index (κ1) is 11.2. The summed E-state index contributed by atoms with van der Waals surface area (Å²) in [6.07, 6.45) is 0. The number of halogens is 1. The Bertz CT molecular complexity index is 792. The van der Waals surface area contributed by atoms with E-state index in [-0.39, 0.29) is 5.69 Å². The van der Waals surface area contributed by atoms with Crippen molar-refractivity contribution >= 4 is 43.7 Å². The van der Waals surface area contributed by atoms with Crippen LogP contribution in [0.25, 0.3) is 21.8 Å². The van der Waals surface area contributed by atoms with Crippen molar-refractivity contribution in [3.05, 3.63) is 40.1 Å². The van der Waals surface area contributed by atoms with E-state index in [0.29, 0.717) is 5.69 Å². The molecule has 2 N–H and O–H groups in total. The highest BCUT2D eigenvalue weighted by atomic mass is 79.9. The van der Waals surface area contributed by atoms with Crippen LogP contribution in [0, 0.1) is 6.92 Å². The molecule has 0 spiro atoms. The zero-order valence-electron chi connectivity index (χ0n) is 9.49. The molecule has 4 nitrogen and oxygen atoms in total. The highest BCUT2D eigenvalue weighted by Gasteiger charge is 2.12. The molecule has 0 saturated carbocycles. The fraction of sp³-hybridized carbons (Fsp3) is 0.0769. The number of benzene rings is 1. The van der Waals surface area contributed by atoms with Crippen LogP contribution in [0.3, 0.4) is 0 Å². The average Bonchev–Trinajstić information content (AvgIpc) is 2.68. The van der Waals surface area contributed by atoms with Gasteiger partial charge in [0.25, 0.3) is 0 Å². The number of carboxylic acid groups (broad SMARTS) is 1. The van der Waals surface area contributed by atoms with Gasteiger partial charge in [-0.3, -0.25) is 0 Å². The molecule has 90 valence electrons. The molecule has 0 bridgehead atoms. The SMILES string of the molecule is Cc1nc(C(=O)O)cc2c1[nH]c1ccc(Br)cc12. The largest absolute Gasteiger partial charge is 0.477 e. The number of nitrogens with zero attached hydrogens (tertiary/aromatic N) is 1. The second-order valence-electron chi connectivity index (χ2n) is 4.14. The number of aryl methyl sites for hydroxylation is 1. The van der Waals surface area contributed by atoms with Crippen LogP contribution >= 0.6 is 15.9 Å². The summed E-state index contributed by atoms with van der Waals surface area (Å²) in [7, 11) is 0. The number of pyridine rings is 1. The summed E-state index contributed by atoms with van der Waals surface area (Å²) in [5.41, 5.74) is 2.62. The Labute approximate surface area is 111 Å². The lowest BCUT2D eigenvalue weighted by Gasteiger charge is -1.99. The molecule has 0 radical (unpaired) electrons. The van der Waals surface area contributed by atoms with Gasteiger partial charge >= 0.3 is 5.97 Å². The first-order valence-corrected chi connectivity index (χ1v) is 6.17. The number of carboxylic acids is 1. The molecule has 18 heavy (non-hydrogen) atoms. The summed E-state index contributed by atoms with van der Waals surface area (Å²) >= 11 is 3.42. The Balaban J connectivity index is 2.49. The first-order chi connectivity index (χ1) is 8.56. The fourth-order valence-electron chi connectivity index (χ4n) is 2.14. The van der Waals surface area contributed by atoms with E-state index in [9.17, 15) is 4.79 Å². The molecule has 0 aliphatic heterocycles. The van der Waals surface area contributed by atoms with Crippen LogP contribution < -0.4 is 0 Å². The maximum absolute atomic E-state index is 11.0. The van der Waals surface area contributed by atoms with Crippen molar-refractivity contribution in [2.75, 3.05) is 0 Å². The Morgan fingerprint density at radius 3 is 2.83 bits per heavy atom. The summed E-state index contributed by atoms with van der Waals surface area (Å²) in [6, 6.07) is 7.48. The number of aromatic carboxylic acids is 1. The van der Waals surface area contributed by atoms with Gasteiger partial charge in [0.2, 0.25) is 0 Å². The molecule has 2 aromatic heterocycles.